The molecule has 3 N–H and O–H groups in total. The highest BCUT2D eigenvalue weighted by Gasteiger charge is 2.65. The number of ketones is 1. The summed E-state index contributed by atoms with van der Waals surface area (Å²) in [7, 11) is 1.51. The Morgan fingerprint density at radius 3 is 2.51 bits per heavy atom. The first-order valence-corrected chi connectivity index (χ1v) is 16.5. The molecule has 2 aliphatic heterocycles. The summed E-state index contributed by atoms with van der Waals surface area (Å²) in [6, 6.07) is 0. The molecule has 0 radical (unpaired) electrons. The number of rotatable bonds is 6. The molecule has 9 nitrogen and oxygen atoms in total. The molecule has 0 aromatic rings. The summed E-state index contributed by atoms with van der Waals surface area (Å²) in [4.78, 5) is 12.8. The number of aliphatic hydroxyl groups is 3. The molecule has 3 saturated carbocycles. The summed E-state index contributed by atoms with van der Waals surface area (Å²) in [5, 5.41) is 32.7. The van der Waals surface area contributed by atoms with Crippen molar-refractivity contribution in [3.05, 3.63) is 23.5 Å². The van der Waals surface area contributed by atoms with Crippen molar-refractivity contribution in [2.24, 2.45) is 28.6 Å². The molecule has 0 spiro atoms. The van der Waals surface area contributed by atoms with Crippen LogP contribution in [0.1, 0.15) is 92.4 Å². The van der Waals surface area contributed by atoms with Gasteiger partial charge in [0.2, 0.25) is 6.29 Å². The maximum absolute atomic E-state index is 12.8. The molecule has 6 aliphatic rings. The standard InChI is InChI=1S/C34H52O9/c1-18-15-27(39-6)30(37)31(40-18)43-22-9-12-32(4)21(16-22)7-8-23-24(32)10-13-33(5)25(23)11-14-34(33,38)20(3)42-28-17-26(35)29(36)19(2)41-28/h7,15,18-20,22-26,28-29,31,35-36,38H,8-14,16-17H2,1-6H3/t18?,19-,20-,22-,23+,24-,25-,26-,28-,29-,31?,32-,33-,34-/m0/s1. The molecule has 4 aliphatic carbocycles. The van der Waals surface area contributed by atoms with E-state index in [1.807, 2.05) is 13.8 Å². The Morgan fingerprint density at radius 2 is 1.79 bits per heavy atom. The topological polar surface area (TPSA) is 124 Å². The Labute approximate surface area is 255 Å². The maximum atomic E-state index is 12.8. The fourth-order valence-electron chi connectivity index (χ4n) is 10.1. The predicted octanol–water partition coefficient (Wildman–Crippen LogP) is 4.17. The maximum Gasteiger partial charge on any atom is 0.252 e. The summed E-state index contributed by atoms with van der Waals surface area (Å²) in [6.45, 7) is 10.3. The van der Waals surface area contributed by atoms with E-state index in [0.717, 1.165) is 44.9 Å². The van der Waals surface area contributed by atoms with Crippen LogP contribution in [0.5, 0.6) is 0 Å². The van der Waals surface area contributed by atoms with Crippen molar-refractivity contribution < 1.29 is 43.8 Å². The molecule has 43 heavy (non-hydrogen) atoms. The number of methoxy groups -OCH3 is 1. The van der Waals surface area contributed by atoms with Gasteiger partial charge in [0.25, 0.3) is 5.78 Å². The first-order valence-electron chi connectivity index (χ1n) is 16.5. The van der Waals surface area contributed by atoms with Gasteiger partial charge in [-0.25, -0.2) is 0 Å². The van der Waals surface area contributed by atoms with E-state index in [2.05, 4.69) is 19.9 Å². The second kappa shape index (κ2) is 11.5. The second-order valence-electron chi connectivity index (χ2n) is 14.8. The van der Waals surface area contributed by atoms with Gasteiger partial charge in [-0.2, -0.15) is 0 Å². The van der Waals surface area contributed by atoms with Gasteiger partial charge in [0.15, 0.2) is 12.0 Å². The van der Waals surface area contributed by atoms with Crippen LogP contribution >= 0.6 is 0 Å². The summed E-state index contributed by atoms with van der Waals surface area (Å²) < 4.78 is 29.5. The van der Waals surface area contributed by atoms with Crippen molar-refractivity contribution >= 4 is 5.78 Å². The van der Waals surface area contributed by atoms with Crippen LogP contribution in [0.3, 0.4) is 0 Å². The zero-order valence-electron chi connectivity index (χ0n) is 26.7. The molecule has 14 atom stereocenters. The van der Waals surface area contributed by atoms with Crippen molar-refractivity contribution in [1.82, 2.24) is 0 Å². The Morgan fingerprint density at radius 1 is 1.05 bits per heavy atom. The summed E-state index contributed by atoms with van der Waals surface area (Å²) in [5.74, 6) is 1.48. The molecule has 2 heterocycles. The fraction of sp³-hybridized carbons (Fsp3) is 0.853. The lowest BCUT2D eigenvalue weighted by Crippen LogP contribution is -2.59. The van der Waals surface area contributed by atoms with Gasteiger partial charge in [-0.1, -0.05) is 25.5 Å². The average molecular weight is 605 g/mol. The van der Waals surface area contributed by atoms with E-state index in [9.17, 15) is 20.1 Å². The number of ether oxygens (including phenoxy) is 5. The zero-order valence-corrected chi connectivity index (χ0v) is 26.7. The minimum absolute atomic E-state index is 0.0685. The number of carbonyl (C=O) groups excluding carboxylic acids is 1. The monoisotopic (exact) mass is 604 g/mol. The molecule has 0 aromatic heterocycles. The van der Waals surface area contributed by atoms with Gasteiger partial charge in [-0.3, -0.25) is 4.79 Å². The minimum Gasteiger partial charge on any atom is -0.493 e. The molecule has 0 aromatic carbocycles. The van der Waals surface area contributed by atoms with Gasteiger partial charge in [0.05, 0.1) is 43.2 Å². The van der Waals surface area contributed by atoms with E-state index < -0.39 is 42.6 Å². The number of hydrogen-bond donors (Lipinski definition) is 3. The van der Waals surface area contributed by atoms with Gasteiger partial charge in [0.1, 0.15) is 6.10 Å². The van der Waals surface area contributed by atoms with Crippen LogP contribution in [-0.2, 0) is 28.5 Å². The largest absolute Gasteiger partial charge is 0.493 e. The highest BCUT2D eigenvalue weighted by atomic mass is 16.7. The SMILES string of the molecule is COC1=CC(C)OC(O[C@H]2CC[C@@]3(C)C(=CC[C@@H]4[C@@H]3CC[C@@]3(C)[C@H]4CC[C@]3(O)[C@H](C)O[C@H]3C[C@H](O)[C@@H](O)[C@H](C)O3)C2)C1=O. The molecule has 0 bridgehead atoms. The van der Waals surface area contributed by atoms with Crippen LogP contribution < -0.4 is 0 Å². The smallest absolute Gasteiger partial charge is 0.252 e. The average Bonchev–Trinajstić information content (AvgIpc) is 3.25. The lowest BCUT2D eigenvalue weighted by molar-refractivity contribution is -0.288. The highest BCUT2D eigenvalue weighted by Crippen LogP contribution is 2.68. The van der Waals surface area contributed by atoms with Crippen molar-refractivity contribution in [1.29, 1.82) is 0 Å². The Kier molecular flexibility index (Phi) is 8.45. The van der Waals surface area contributed by atoms with Gasteiger partial charge in [-0.05, 0) is 101 Å². The van der Waals surface area contributed by atoms with Crippen molar-refractivity contribution in [3.8, 4) is 0 Å². The molecule has 1 saturated heterocycles. The summed E-state index contributed by atoms with van der Waals surface area (Å²) in [6.07, 6.45) is 6.94. The number of allylic oxidation sites excluding steroid dienone is 1. The molecule has 2 unspecified atom stereocenters. The Balaban J connectivity index is 1.14. The van der Waals surface area contributed by atoms with Crippen LogP contribution in [0.4, 0.5) is 0 Å². The van der Waals surface area contributed by atoms with E-state index >= 15 is 0 Å². The van der Waals surface area contributed by atoms with Gasteiger partial charge in [0, 0.05) is 11.8 Å². The minimum atomic E-state index is -0.994. The number of carbonyl (C=O) groups is 1. The van der Waals surface area contributed by atoms with Crippen LogP contribution in [0.15, 0.2) is 23.5 Å². The number of hydrogen-bond acceptors (Lipinski definition) is 9. The van der Waals surface area contributed by atoms with E-state index in [0.29, 0.717) is 29.9 Å². The first kappa shape index (κ1) is 31.6. The third-order valence-electron chi connectivity index (χ3n) is 12.7. The van der Waals surface area contributed by atoms with Gasteiger partial charge < -0.3 is 39.0 Å². The van der Waals surface area contributed by atoms with Crippen LogP contribution in [0.25, 0.3) is 0 Å². The lowest BCUT2D eigenvalue weighted by atomic mass is 9.46. The van der Waals surface area contributed by atoms with Crippen LogP contribution in [0, 0.1) is 28.6 Å². The van der Waals surface area contributed by atoms with Crippen molar-refractivity contribution in [2.45, 2.75) is 147 Å². The van der Waals surface area contributed by atoms with Gasteiger partial charge in [-0.15, -0.1) is 0 Å². The number of aliphatic hydroxyl groups excluding tert-OH is 2. The molecule has 0 amide bonds. The van der Waals surface area contributed by atoms with E-state index in [1.165, 1.54) is 12.7 Å². The number of Topliss-reactive ketones (excluding diaryl/α,β-unsaturated/α-hetero) is 1. The molecule has 6 rings (SSSR count). The highest BCUT2D eigenvalue weighted by molar-refractivity contribution is 5.96. The summed E-state index contributed by atoms with van der Waals surface area (Å²) in [5.41, 5.74) is 0.252. The molecule has 9 heteroatoms. The predicted molar refractivity (Wildman–Crippen MR) is 157 cm³/mol. The molecule has 4 fully saturated rings. The third kappa shape index (κ3) is 5.15. The molecular formula is C34H52O9. The van der Waals surface area contributed by atoms with Crippen LogP contribution in [0.2, 0.25) is 0 Å². The molecule has 242 valence electrons. The van der Waals surface area contributed by atoms with Crippen LogP contribution in [-0.4, -0.2) is 83.0 Å². The fourth-order valence-corrected chi connectivity index (χ4v) is 10.1. The van der Waals surface area contributed by atoms with Gasteiger partial charge >= 0.3 is 0 Å². The Bertz CT molecular complexity index is 1120. The van der Waals surface area contributed by atoms with E-state index in [-0.39, 0.29) is 35.2 Å². The number of fused-ring (bicyclic) bond motifs is 5. The first-order chi connectivity index (χ1) is 20.3. The second-order valence-corrected chi connectivity index (χ2v) is 14.8. The lowest BCUT2D eigenvalue weighted by Gasteiger charge is -2.59. The normalized spacial score (nSPS) is 50.6. The zero-order chi connectivity index (χ0) is 30.9. The molecular weight excluding hydrogens is 552 g/mol. The van der Waals surface area contributed by atoms with Crippen molar-refractivity contribution in [3.63, 3.8) is 0 Å². The quantitative estimate of drug-likeness (QED) is 0.383. The van der Waals surface area contributed by atoms with E-state index in [4.69, 9.17) is 23.7 Å². The Hall–Kier alpha value is -1.33. The van der Waals surface area contributed by atoms with Crippen molar-refractivity contribution in [2.75, 3.05) is 7.11 Å². The summed E-state index contributed by atoms with van der Waals surface area (Å²) >= 11 is 0. The third-order valence-corrected chi connectivity index (χ3v) is 12.7. The van der Waals surface area contributed by atoms with E-state index in [1.54, 1.807) is 13.0 Å².